The molecule has 0 saturated carbocycles. The van der Waals surface area contributed by atoms with Crippen molar-refractivity contribution in [3.05, 3.63) is 30.3 Å². The first-order valence-electron chi connectivity index (χ1n) is 4.29. The Kier molecular flexibility index (Phi) is 4.88. The zero-order chi connectivity index (χ0) is 9.68. The molecular weight excluding hydrogens is 332 g/mol. The summed E-state index contributed by atoms with van der Waals surface area (Å²) in [6.45, 7) is 2.33. The van der Waals surface area contributed by atoms with Crippen molar-refractivity contribution in [1.82, 2.24) is 0 Å². The van der Waals surface area contributed by atoms with E-state index in [1.807, 2.05) is 37.3 Å². The molecule has 2 nitrogen and oxygen atoms in total. The number of halogens is 1. The quantitative estimate of drug-likeness (QED) is 0.623. The first-order chi connectivity index (χ1) is 6.25. The number of rotatable bonds is 3. The van der Waals surface area contributed by atoms with E-state index in [1.165, 1.54) is 4.16 Å². The molecule has 0 aliphatic rings. The predicted octanol–water partition coefficient (Wildman–Crippen LogP) is 2.44. The normalized spacial score (nSPS) is 9.38. The Morgan fingerprint density at radius 2 is 2.08 bits per heavy atom. The Bertz CT molecular complexity index is 276. The summed E-state index contributed by atoms with van der Waals surface area (Å²) in [5, 5.41) is 0. The monoisotopic (exact) mass is 341 g/mol. The van der Waals surface area contributed by atoms with Crippen LogP contribution in [0.3, 0.4) is 0 Å². The van der Waals surface area contributed by atoms with E-state index in [9.17, 15) is 4.79 Å². The van der Waals surface area contributed by atoms with Gasteiger partial charge >= 0.3 is 94.3 Å². The predicted molar refractivity (Wildman–Crippen MR) is 57.1 cm³/mol. The van der Waals surface area contributed by atoms with Crippen LogP contribution in [0.15, 0.2) is 30.3 Å². The number of benzene rings is 1. The molecule has 0 radical (unpaired) electrons. The summed E-state index contributed by atoms with van der Waals surface area (Å²) < 4.78 is 6.24. The average molecular weight is 342 g/mol. The van der Waals surface area contributed by atoms with Crippen LogP contribution in [0, 0.1) is 0 Å². The summed E-state index contributed by atoms with van der Waals surface area (Å²) in [6.07, 6.45) is 0. The van der Waals surface area contributed by atoms with Gasteiger partial charge in [0.1, 0.15) is 0 Å². The Balaban J connectivity index is 2.68. The molecule has 67 valence electrons. The second-order valence-electron chi connectivity index (χ2n) is 2.73. The molecule has 0 fully saturated rings. The van der Waals surface area contributed by atoms with Crippen molar-refractivity contribution in [2.24, 2.45) is 0 Å². The van der Waals surface area contributed by atoms with Gasteiger partial charge in [-0.25, -0.2) is 0 Å². The van der Waals surface area contributed by atoms with Gasteiger partial charge in [-0.15, -0.1) is 0 Å². The van der Waals surface area contributed by atoms with Crippen LogP contribution in [0.2, 0.25) is 0 Å². The second kappa shape index (κ2) is 5.71. The Hall–Kier alpha value is 0.0434. The molecule has 0 bridgehead atoms. The van der Waals surface area contributed by atoms with Gasteiger partial charge in [-0.05, 0) is 0 Å². The van der Waals surface area contributed by atoms with Crippen molar-refractivity contribution in [3.8, 4) is 0 Å². The van der Waals surface area contributed by atoms with Gasteiger partial charge in [0.2, 0.25) is 0 Å². The Morgan fingerprint density at radius 3 is 2.62 bits per heavy atom. The third kappa shape index (κ3) is 3.35. The van der Waals surface area contributed by atoms with Crippen LogP contribution in [0.1, 0.15) is 6.92 Å². The van der Waals surface area contributed by atoms with Crippen molar-refractivity contribution in [2.75, 3.05) is 6.61 Å². The maximum atomic E-state index is 11.4. The number of carbonyl (C=O) groups excluding carboxylic acids is 1. The number of hydrogen-bond donors (Lipinski definition) is 0. The van der Waals surface area contributed by atoms with Gasteiger partial charge in [0, 0.05) is 0 Å². The molecule has 4 heteroatoms. The van der Waals surface area contributed by atoms with Crippen molar-refractivity contribution in [1.29, 1.82) is 0 Å². The summed E-state index contributed by atoms with van der Waals surface area (Å²) in [4.78, 5) is 11.4. The van der Waals surface area contributed by atoms with Gasteiger partial charge in [0.05, 0.1) is 0 Å². The summed E-state index contributed by atoms with van der Waals surface area (Å²) in [5.74, 6) is 0. The van der Waals surface area contributed by atoms with Crippen LogP contribution >= 0.6 is 19.8 Å². The minimum absolute atomic E-state index is 0.0364. The van der Waals surface area contributed by atoms with E-state index in [-0.39, 0.29) is 4.56 Å². The molecule has 0 aliphatic heterocycles. The molecule has 0 atom stereocenters. The fourth-order valence-electron chi connectivity index (χ4n) is 1.10. The van der Waals surface area contributed by atoms with Gasteiger partial charge in [0.15, 0.2) is 0 Å². The maximum absolute atomic E-state index is 11.4. The van der Waals surface area contributed by atoms with E-state index < -0.39 is 12.4 Å². The average Bonchev–Trinajstić information content (AvgIpc) is 2.18. The topological polar surface area (TPSA) is 26.3 Å². The molecule has 0 spiro atoms. The molecule has 0 saturated heterocycles. The zero-order valence-corrected chi connectivity index (χ0v) is 12.6. The van der Waals surface area contributed by atoms with E-state index >= 15 is 0 Å². The van der Waals surface area contributed by atoms with E-state index in [2.05, 4.69) is 19.8 Å². The summed E-state index contributed by atoms with van der Waals surface area (Å²) in [7, 11) is 0. The van der Waals surface area contributed by atoms with Crippen molar-refractivity contribution in [3.63, 3.8) is 0 Å². The molecule has 0 amide bonds. The fraction of sp³-hybridized carbons (Fsp3) is 0.222. The van der Waals surface area contributed by atoms with Crippen molar-refractivity contribution >= 4 is 28.5 Å². The minimum atomic E-state index is -2.25. The number of hydrogen-bond acceptors (Lipinski definition) is 2. The first kappa shape index (κ1) is 11.1. The van der Waals surface area contributed by atoms with Crippen LogP contribution in [-0.2, 0) is 17.2 Å². The van der Waals surface area contributed by atoms with Crippen LogP contribution < -0.4 is 4.16 Å². The third-order valence-corrected chi connectivity index (χ3v) is 13.6. The SMILES string of the molecule is CCO[C](=O)[Zn]([I])[c]1ccccc1. The molecule has 13 heavy (non-hydrogen) atoms. The molecule has 0 N–H and O–H groups in total. The van der Waals surface area contributed by atoms with Crippen LogP contribution in [-0.4, -0.2) is 11.2 Å². The van der Waals surface area contributed by atoms with Gasteiger partial charge in [-0.2, -0.15) is 0 Å². The molecule has 0 heterocycles. The third-order valence-electron chi connectivity index (χ3n) is 1.76. The van der Waals surface area contributed by atoms with E-state index in [0.717, 1.165) is 0 Å². The second-order valence-corrected chi connectivity index (χ2v) is 15.4. The van der Waals surface area contributed by atoms with E-state index in [4.69, 9.17) is 4.74 Å². The van der Waals surface area contributed by atoms with Crippen LogP contribution in [0.4, 0.5) is 4.79 Å². The van der Waals surface area contributed by atoms with E-state index in [1.54, 1.807) is 0 Å². The van der Waals surface area contributed by atoms with E-state index in [0.29, 0.717) is 6.61 Å². The summed E-state index contributed by atoms with van der Waals surface area (Å²) in [6, 6.07) is 9.93. The first-order valence-corrected chi connectivity index (χ1v) is 16.3. The summed E-state index contributed by atoms with van der Waals surface area (Å²) >= 11 is 0.0433. The molecule has 1 aromatic carbocycles. The molecule has 0 aromatic heterocycles. The number of carbonyl (C=O) groups is 1. The van der Waals surface area contributed by atoms with Crippen LogP contribution in [0.5, 0.6) is 0 Å². The molecular formula is C9H10IO2Zn. The molecule has 1 aromatic rings. The van der Waals surface area contributed by atoms with Gasteiger partial charge in [0.25, 0.3) is 0 Å². The van der Waals surface area contributed by atoms with Crippen molar-refractivity contribution in [2.45, 2.75) is 6.92 Å². The molecule has 0 unspecified atom stereocenters. The summed E-state index contributed by atoms with van der Waals surface area (Å²) in [5.41, 5.74) is 0. The van der Waals surface area contributed by atoms with Gasteiger partial charge in [-0.1, -0.05) is 0 Å². The van der Waals surface area contributed by atoms with Gasteiger partial charge < -0.3 is 0 Å². The van der Waals surface area contributed by atoms with Crippen LogP contribution in [0.25, 0.3) is 0 Å². The fourth-order valence-corrected chi connectivity index (χ4v) is 7.83. The standard InChI is InChI=1S/C6H5.C3H5O2.HI.Zn/c1-2-4-6-5-3-1;1-2-5-3-4;;/h1-5H;2H2,1H3;1H;/q;;;+1/p-1. The Morgan fingerprint density at radius 1 is 1.46 bits per heavy atom. The van der Waals surface area contributed by atoms with Crippen molar-refractivity contribution < 1.29 is 22.0 Å². The Labute approximate surface area is 93.7 Å². The molecule has 0 aliphatic carbocycles. The van der Waals surface area contributed by atoms with Gasteiger partial charge in [-0.3, -0.25) is 0 Å². The molecule has 1 rings (SSSR count). The number of ether oxygens (including phenoxy) is 1. The zero-order valence-electron chi connectivity index (χ0n) is 7.50.